The van der Waals surface area contributed by atoms with E-state index in [0.717, 1.165) is 0 Å². The van der Waals surface area contributed by atoms with Crippen LogP contribution in [-0.4, -0.2) is 34.6 Å². The van der Waals surface area contributed by atoms with Gasteiger partial charge in [-0.15, -0.1) is 0 Å². The first-order valence-corrected chi connectivity index (χ1v) is 3.08. The molecule has 0 aliphatic carbocycles. The maximum Gasteiger partial charge on any atom is 0.438 e. The molecule has 4 amide bonds. The van der Waals surface area contributed by atoms with Crippen LogP contribution in [0.3, 0.4) is 0 Å². The minimum atomic E-state index is -1.68. The van der Waals surface area contributed by atoms with Gasteiger partial charge in [0, 0.05) is 5.64 Å². The zero-order valence-electron chi connectivity index (χ0n) is 6.84. The largest absolute Gasteiger partial charge is 0.465 e. The van der Waals surface area contributed by atoms with Crippen molar-refractivity contribution >= 4 is 24.4 Å². The summed E-state index contributed by atoms with van der Waals surface area (Å²) in [5, 5.41) is 18.4. The summed E-state index contributed by atoms with van der Waals surface area (Å²) in [4.78, 5) is 47.8. The van der Waals surface area contributed by atoms with E-state index in [1.807, 2.05) is 0 Å². The molecule has 0 atom stereocenters. The third kappa shape index (κ3) is 7.79. The second-order valence-corrected chi connectivity index (χ2v) is 1.72. The van der Waals surface area contributed by atoms with E-state index in [-0.39, 0.29) is 0 Å². The van der Waals surface area contributed by atoms with E-state index in [4.69, 9.17) is 10.2 Å². The summed E-state index contributed by atoms with van der Waals surface area (Å²) >= 11 is 0. The van der Waals surface area contributed by atoms with Gasteiger partial charge in [0.2, 0.25) is 0 Å². The second kappa shape index (κ2) is 5.98. The van der Waals surface area contributed by atoms with Gasteiger partial charge in [0.1, 0.15) is 0 Å². The van der Waals surface area contributed by atoms with E-state index in [2.05, 4.69) is 9.68 Å². The van der Waals surface area contributed by atoms with Crippen LogP contribution in [0.4, 0.5) is 19.2 Å². The van der Waals surface area contributed by atoms with Crippen LogP contribution in [0.1, 0.15) is 0 Å². The molecule has 0 saturated heterocycles. The predicted molar refractivity (Wildman–Crippen MR) is 38.4 cm³/mol. The topological polar surface area (TPSA) is 163 Å². The molecule has 0 rings (SSSR count). The number of hydrogen-bond donors (Lipinski definition) is 5. The number of amides is 4. The maximum atomic E-state index is 10.4. The number of nitrogens with one attached hydrogen (secondary N) is 3. The Morgan fingerprint density at radius 2 is 1.13 bits per heavy atom. The highest BCUT2D eigenvalue weighted by atomic mass is 16.9. The zero-order valence-corrected chi connectivity index (χ0v) is 6.84. The average molecular weight is 223 g/mol. The van der Waals surface area contributed by atoms with Crippen molar-refractivity contribution in [2.75, 3.05) is 0 Å². The van der Waals surface area contributed by atoms with E-state index in [1.54, 1.807) is 0 Å². The lowest BCUT2D eigenvalue weighted by Gasteiger charge is -2.03. The van der Waals surface area contributed by atoms with E-state index in [1.165, 1.54) is 16.3 Å². The highest BCUT2D eigenvalue weighted by Gasteiger charge is 2.09. The molecule has 0 heterocycles. The molecule has 0 aromatic rings. The van der Waals surface area contributed by atoms with Crippen molar-refractivity contribution in [2.24, 2.45) is 0 Å². The molecule has 5 N–H and O–H groups in total. The van der Waals surface area contributed by atoms with Crippen LogP contribution in [-0.2, 0) is 9.68 Å². The van der Waals surface area contributed by atoms with Crippen molar-refractivity contribution in [2.45, 2.75) is 0 Å². The molecular weight excluding hydrogens is 218 g/mol. The molecule has 0 aromatic heterocycles. The lowest BCUT2D eigenvalue weighted by molar-refractivity contribution is -0.0835. The monoisotopic (exact) mass is 223 g/mol. The van der Waals surface area contributed by atoms with Crippen molar-refractivity contribution in [3.63, 3.8) is 0 Å². The Kier molecular flexibility index (Phi) is 4.96. The highest BCUT2D eigenvalue weighted by molar-refractivity contribution is 5.87. The molecule has 0 bridgehead atoms. The predicted octanol–water partition coefficient (Wildman–Crippen LogP) is -0.786. The van der Waals surface area contributed by atoms with Gasteiger partial charge >= 0.3 is 24.4 Å². The molecule has 0 aromatic carbocycles. The fourth-order valence-electron chi connectivity index (χ4n) is 0.322. The molecule has 0 spiro atoms. The molecule has 0 aliphatic rings. The Hall–Kier alpha value is -2.56. The van der Waals surface area contributed by atoms with Crippen LogP contribution in [0.15, 0.2) is 0 Å². The first-order chi connectivity index (χ1) is 6.91. The van der Waals surface area contributed by atoms with Gasteiger partial charge in [-0.3, -0.25) is 0 Å². The van der Waals surface area contributed by atoms with Crippen molar-refractivity contribution < 1.29 is 39.1 Å². The SMILES string of the molecule is O=C(O)NC(=O)ONOC(=O)NC(=O)O. The molecule has 15 heavy (non-hydrogen) atoms. The van der Waals surface area contributed by atoms with Gasteiger partial charge in [0.05, 0.1) is 0 Å². The number of carbonyl (C=O) groups is 4. The molecule has 84 valence electrons. The van der Waals surface area contributed by atoms with E-state index < -0.39 is 24.4 Å². The molecule has 11 heteroatoms. The third-order valence-corrected chi connectivity index (χ3v) is 0.687. The van der Waals surface area contributed by atoms with Crippen LogP contribution >= 0.6 is 0 Å². The quantitative estimate of drug-likeness (QED) is 0.377. The summed E-state index contributed by atoms with van der Waals surface area (Å²) in [5.41, 5.74) is 1.24. The van der Waals surface area contributed by atoms with Gasteiger partial charge in [-0.25, -0.2) is 29.8 Å². The Labute approximate surface area is 80.9 Å². The molecule has 0 fully saturated rings. The second-order valence-electron chi connectivity index (χ2n) is 1.72. The van der Waals surface area contributed by atoms with Crippen LogP contribution in [0.2, 0.25) is 0 Å². The van der Waals surface area contributed by atoms with Crippen molar-refractivity contribution in [3.8, 4) is 0 Å². The summed E-state index contributed by atoms with van der Waals surface area (Å²) in [7, 11) is 0. The van der Waals surface area contributed by atoms with Crippen molar-refractivity contribution in [1.82, 2.24) is 16.3 Å². The summed E-state index contributed by atoms with van der Waals surface area (Å²) in [6.07, 6.45) is -6.30. The molecule has 0 unspecified atom stereocenters. The first kappa shape index (κ1) is 12.4. The number of hydrogen-bond acceptors (Lipinski definition) is 7. The lowest BCUT2D eigenvalue weighted by Crippen LogP contribution is -2.38. The maximum absolute atomic E-state index is 10.4. The van der Waals surface area contributed by atoms with Crippen LogP contribution in [0.5, 0.6) is 0 Å². The Bertz CT molecular complexity index is 260. The zero-order chi connectivity index (χ0) is 11.8. The molecule has 0 saturated carbocycles. The van der Waals surface area contributed by atoms with Gasteiger partial charge in [0.25, 0.3) is 0 Å². The van der Waals surface area contributed by atoms with Crippen LogP contribution in [0, 0.1) is 0 Å². The van der Waals surface area contributed by atoms with Crippen LogP contribution < -0.4 is 16.3 Å². The highest BCUT2D eigenvalue weighted by Crippen LogP contribution is 1.76. The lowest BCUT2D eigenvalue weighted by atomic mass is 11.0. The Morgan fingerprint density at radius 1 is 0.800 bits per heavy atom. The fourth-order valence-corrected chi connectivity index (χ4v) is 0.322. The van der Waals surface area contributed by atoms with Crippen molar-refractivity contribution in [3.05, 3.63) is 0 Å². The number of carboxylic acid groups (broad SMARTS) is 2. The van der Waals surface area contributed by atoms with Gasteiger partial charge in [0.15, 0.2) is 0 Å². The summed E-state index contributed by atoms with van der Waals surface area (Å²) < 4.78 is 0. The standard InChI is InChI=1S/C4H5N3O8/c8-1(9)5-3(12)14-7-15-4(13)6-2(10)11/h7H,(H,5,12)(H,6,13)(H,8,9)(H,10,11). The Balaban J connectivity index is 3.61. The van der Waals surface area contributed by atoms with Gasteiger partial charge in [-0.2, -0.15) is 0 Å². The minimum absolute atomic E-state index is 1.22. The van der Waals surface area contributed by atoms with Gasteiger partial charge in [-0.05, 0) is 0 Å². The normalized spacial score (nSPS) is 8.53. The molecular formula is C4H5N3O8. The number of carbonyl (C=O) groups excluding carboxylic acids is 2. The summed E-state index contributed by atoms with van der Waals surface area (Å²) in [5.74, 6) is 0. The van der Waals surface area contributed by atoms with Gasteiger partial charge in [-0.1, -0.05) is 0 Å². The summed E-state index contributed by atoms with van der Waals surface area (Å²) in [6.45, 7) is 0. The Morgan fingerprint density at radius 3 is 1.40 bits per heavy atom. The van der Waals surface area contributed by atoms with E-state index in [0.29, 0.717) is 0 Å². The molecule has 11 nitrogen and oxygen atoms in total. The van der Waals surface area contributed by atoms with Gasteiger partial charge < -0.3 is 19.9 Å². The smallest absolute Gasteiger partial charge is 0.438 e. The average Bonchev–Trinajstić information content (AvgIpc) is 2.00. The first-order valence-electron chi connectivity index (χ1n) is 3.08. The number of rotatable bonds is 2. The molecule has 0 aliphatic heterocycles. The van der Waals surface area contributed by atoms with Crippen LogP contribution in [0.25, 0.3) is 0 Å². The molecule has 0 radical (unpaired) electrons. The third-order valence-electron chi connectivity index (χ3n) is 0.687. The van der Waals surface area contributed by atoms with E-state index in [9.17, 15) is 19.2 Å². The van der Waals surface area contributed by atoms with E-state index >= 15 is 0 Å². The summed E-state index contributed by atoms with van der Waals surface area (Å²) in [6, 6.07) is 0. The van der Waals surface area contributed by atoms with Crippen molar-refractivity contribution in [1.29, 1.82) is 0 Å². The number of imide groups is 2. The minimum Gasteiger partial charge on any atom is -0.465 e. The fraction of sp³-hybridized carbons (Fsp3) is 0.